The molecule has 0 radical (unpaired) electrons. The molecule has 5 nitrogen and oxygen atoms in total. The number of carbonyl (C=O) groups is 1. The van der Waals surface area contributed by atoms with E-state index in [0.717, 1.165) is 19.4 Å². The van der Waals surface area contributed by atoms with Crippen molar-refractivity contribution in [2.45, 2.75) is 19.8 Å². The summed E-state index contributed by atoms with van der Waals surface area (Å²) in [5.74, 6) is 0.693. The van der Waals surface area contributed by atoms with E-state index in [9.17, 15) is 9.59 Å². The molecule has 0 bridgehead atoms. The van der Waals surface area contributed by atoms with E-state index in [1.54, 1.807) is 26.4 Å². The number of rotatable bonds is 2. The van der Waals surface area contributed by atoms with Gasteiger partial charge in [0.2, 0.25) is 0 Å². The summed E-state index contributed by atoms with van der Waals surface area (Å²) in [4.78, 5) is 29.4. The third-order valence-corrected chi connectivity index (χ3v) is 3.29. The maximum Gasteiger partial charge on any atom is 0.293 e. The van der Waals surface area contributed by atoms with E-state index < -0.39 is 0 Å². The van der Waals surface area contributed by atoms with Gasteiger partial charge in [0.1, 0.15) is 5.78 Å². The Kier molecular flexibility index (Phi) is 3.26. The average molecular weight is 235 g/mol. The predicted molar refractivity (Wildman–Crippen MR) is 65.1 cm³/mol. The van der Waals surface area contributed by atoms with E-state index in [1.807, 2.05) is 4.90 Å². The zero-order valence-corrected chi connectivity index (χ0v) is 10.2. The third kappa shape index (κ3) is 2.38. The second kappa shape index (κ2) is 4.69. The number of ketones is 1. The fraction of sp³-hybridized carbons (Fsp3) is 0.583. The lowest BCUT2D eigenvalue weighted by molar-refractivity contribution is -0.120. The number of aryl methyl sites for hydroxylation is 1. The molecule has 2 rings (SSSR count). The summed E-state index contributed by atoms with van der Waals surface area (Å²) >= 11 is 0. The number of piperidine rings is 1. The van der Waals surface area contributed by atoms with Gasteiger partial charge in [-0.25, -0.2) is 4.98 Å². The quantitative estimate of drug-likeness (QED) is 0.752. The van der Waals surface area contributed by atoms with Gasteiger partial charge < -0.3 is 9.47 Å². The van der Waals surface area contributed by atoms with Crippen LogP contribution in [0.25, 0.3) is 0 Å². The topological polar surface area (TPSA) is 55.2 Å². The fourth-order valence-electron chi connectivity index (χ4n) is 2.20. The normalized spacial score (nSPS) is 20.4. The average Bonchev–Trinajstić information content (AvgIpc) is 2.33. The number of hydrogen-bond donors (Lipinski definition) is 0. The van der Waals surface area contributed by atoms with E-state index >= 15 is 0 Å². The number of hydrogen-bond acceptors (Lipinski definition) is 4. The van der Waals surface area contributed by atoms with E-state index in [1.165, 1.54) is 4.57 Å². The van der Waals surface area contributed by atoms with Crippen molar-refractivity contribution in [2.75, 3.05) is 18.0 Å². The summed E-state index contributed by atoms with van der Waals surface area (Å²) in [5.41, 5.74) is -0.100. The molecule has 1 unspecified atom stereocenters. The molecule has 1 aromatic rings. The van der Waals surface area contributed by atoms with E-state index in [4.69, 9.17) is 0 Å². The first-order valence-corrected chi connectivity index (χ1v) is 5.86. The van der Waals surface area contributed by atoms with Gasteiger partial charge in [0.25, 0.3) is 5.56 Å². The first kappa shape index (κ1) is 11.8. The molecule has 1 aliphatic heterocycles. The van der Waals surface area contributed by atoms with Crippen LogP contribution in [-0.4, -0.2) is 28.4 Å². The summed E-state index contributed by atoms with van der Waals surface area (Å²) in [5, 5.41) is 0. The molecule has 92 valence electrons. The molecule has 1 aliphatic rings. The Balaban J connectivity index is 2.25. The minimum Gasteiger partial charge on any atom is -0.351 e. The predicted octanol–water partition coefficient (Wildman–Crippen LogP) is 0.586. The van der Waals surface area contributed by atoms with Crippen LogP contribution in [-0.2, 0) is 11.8 Å². The first-order chi connectivity index (χ1) is 8.09. The molecule has 0 spiro atoms. The van der Waals surface area contributed by atoms with Crippen molar-refractivity contribution >= 4 is 11.6 Å². The SMILES string of the molecule is CC(=O)C1CCCN(c2nccn(C)c2=O)C1. The molecule has 1 saturated heterocycles. The fourth-order valence-corrected chi connectivity index (χ4v) is 2.20. The van der Waals surface area contributed by atoms with Crippen molar-refractivity contribution in [1.29, 1.82) is 0 Å². The Hall–Kier alpha value is -1.65. The zero-order valence-electron chi connectivity index (χ0n) is 10.2. The summed E-state index contributed by atoms with van der Waals surface area (Å²) < 4.78 is 1.51. The summed E-state index contributed by atoms with van der Waals surface area (Å²) in [6, 6.07) is 0. The summed E-state index contributed by atoms with van der Waals surface area (Å²) in [6.07, 6.45) is 5.11. The smallest absolute Gasteiger partial charge is 0.293 e. The Morgan fingerprint density at radius 1 is 1.53 bits per heavy atom. The molecule has 2 heterocycles. The molecule has 1 atom stereocenters. The molecular weight excluding hydrogens is 218 g/mol. The van der Waals surface area contributed by atoms with Gasteiger partial charge in [0.05, 0.1) is 0 Å². The van der Waals surface area contributed by atoms with Gasteiger partial charge in [0, 0.05) is 38.4 Å². The Labute approximate surface area is 100 Å². The van der Waals surface area contributed by atoms with Crippen molar-refractivity contribution in [1.82, 2.24) is 9.55 Å². The van der Waals surface area contributed by atoms with Gasteiger partial charge in [-0.15, -0.1) is 0 Å². The van der Waals surface area contributed by atoms with E-state index in [2.05, 4.69) is 4.98 Å². The van der Waals surface area contributed by atoms with Crippen LogP contribution in [0.1, 0.15) is 19.8 Å². The van der Waals surface area contributed by atoms with Crippen LogP contribution in [0.15, 0.2) is 17.2 Å². The number of nitrogens with zero attached hydrogens (tertiary/aromatic N) is 3. The molecule has 1 fully saturated rings. The van der Waals surface area contributed by atoms with Gasteiger partial charge in [-0.05, 0) is 19.8 Å². The number of Topliss-reactive ketones (excluding diaryl/α,β-unsaturated/α-hetero) is 1. The largest absolute Gasteiger partial charge is 0.351 e. The zero-order chi connectivity index (χ0) is 12.4. The van der Waals surface area contributed by atoms with Gasteiger partial charge >= 0.3 is 0 Å². The lowest BCUT2D eigenvalue weighted by Gasteiger charge is -2.31. The van der Waals surface area contributed by atoms with Crippen molar-refractivity contribution in [3.05, 3.63) is 22.7 Å². The molecule has 1 aromatic heterocycles. The second-order valence-electron chi connectivity index (χ2n) is 4.56. The minimum atomic E-state index is -0.100. The summed E-state index contributed by atoms with van der Waals surface area (Å²) in [6.45, 7) is 3.03. The second-order valence-corrected chi connectivity index (χ2v) is 4.56. The maximum atomic E-state index is 11.9. The number of anilines is 1. The minimum absolute atomic E-state index is 0.0375. The number of aromatic nitrogens is 2. The maximum absolute atomic E-state index is 11.9. The van der Waals surface area contributed by atoms with Crippen LogP contribution < -0.4 is 10.5 Å². The molecule has 0 N–H and O–H groups in total. The molecule has 0 aromatic carbocycles. The molecule has 0 amide bonds. The Morgan fingerprint density at radius 3 is 3.00 bits per heavy atom. The van der Waals surface area contributed by atoms with Crippen LogP contribution in [0.5, 0.6) is 0 Å². The molecule has 0 saturated carbocycles. The highest BCUT2D eigenvalue weighted by atomic mass is 16.1. The molecule has 0 aliphatic carbocycles. The lowest BCUT2D eigenvalue weighted by Crippen LogP contribution is -2.41. The van der Waals surface area contributed by atoms with Crippen LogP contribution >= 0.6 is 0 Å². The number of carbonyl (C=O) groups excluding carboxylic acids is 1. The standard InChI is InChI=1S/C12H17N3O2/c1-9(16)10-4-3-6-15(8-10)11-12(17)14(2)7-5-13-11/h5,7,10H,3-4,6,8H2,1-2H3. The van der Waals surface area contributed by atoms with Gasteiger partial charge in [-0.1, -0.05) is 0 Å². The van der Waals surface area contributed by atoms with Crippen molar-refractivity contribution < 1.29 is 4.79 Å². The van der Waals surface area contributed by atoms with Crippen molar-refractivity contribution in [3.8, 4) is 0 Å². The van der Waals surface area contributed by atoms with Gasteiger partial charge in [-0.2, -0.15) is 0 Å². The van der Waals surface area contributed by atoms with Gasteiger partial charge in [-0.3, -0.25) is 9.59 Å². The Bertz CT molecular complexity index is 481. The first-order valence-electron chi connectivity index (χ1n) is 5.86. The molecule has 5 heteroatoms. The van der Waals surface area contributed by atoms with Gasteiger partial charge in [0.15, 0.2) is 5.82 Å². The van der Waals surface area contributed by atoms with Crippen LogP contribution in [0, 0.1) is 5.92 Å². The van der Waals surface area contributed by atoms with E-state index in [-0.39, 0.29) is 17.3 Å². The molecular formula is C12H17N3O2. The van der Waals surface area contributed by atoms with Crippen LogP contribution in [0.3, 0.4) is 0 Å². The molecule has 17 heavy (non-hydrogen) atoms. The van der Waals surface area contributed by atoms with E-state index in [0.29, 0.717) is 12.4 Å². The highest BCUT2D eigenvalue weighted by Gasteiger charge is 2.25. The summed E-state index contributed by atoms with van der Waals surface area (Å²) in [7, 11) is 1.71. The van der Waals surface area contributed by atoms with Crippen molar-refractivity contribution in [2.24, 2.45) is 13.0 Å². The lowest BCUT2D eigenvalue weighted by atomic mass is 9.95. The monoisotopic (exact) mass is 235 g/mol. The van der Waals surface area contributed by atoms with Crippen LogP contribution in [0.2, 0.25) is 0 Å². The Morgan fingerprint density at radius 2 is 2.29 bits per heavy atom. The highest BCUT2D eigenvalue weighted by molar-refractivity contribution is 5.79. The van der Waals surface area contributed by atoms with Crippen LogP contribution in [0.4, 0.5) is 5.82 Å². The highest BCUT2D eigenvalue weighted by Crippen LogP contribution is 2.19. The van der Waals surface area contributed by atoms with Crippen molar-refractivity contribution in [3.63, 3.8) is 0 Å². The third-order valence-electron chi connectivity index (χ3n) is 3.29.